The Hall–Kier alpha value is 0.130. The first kappa shape index (κ1) is 10.2. The summed E-state index contributed by atoms with van der Waals surface area (Å²) in [6, 6.07) is 0. The standard InChI is InChI=1S/C7H12O3S2/c1-10-6(9)4-5(8)7-11-2-3-12-7/h5,7-8H,2-4H2,1H3/t5-/m0/s1. The largest absolute Gasteiger partial charge is 0.469 e. The summed E-state index contributed by atoms with van der Waals surface area (Å²) in [6.45, 7) is 0. The first-order valence-corrected chi connectivity index (χ1v) is 5.82. The molecule has 1 N–H and O–H groups in total. The molecule has 1 saturated heterocycles. The minimum Gasteiger partial charge on any atom is -0.469 e. The molecule has 70 valence electrons. The molecule has 0 saturated carbocycles. The molecule has 1 fully saturated rings. The van der Waals surface area contributed by atoms with Gasteiger partial charge in [0.1, 0.15) is 0 Å². The highest BCUT2D eigenvalue weighted by Gasteiger charge is 2.26. The van der Waals surface area contributed by atoms with Gasteiger partial charge >= 0.3 is 5.97 Å². The van der Waals surface area contributed by atoms with Crippen LogP contribution in [0.2, 0.25) is 0 Å². The summed E-state index contributed by atoms with van der Waals surface area (Å²) in [6.07, 6.45) is -0.448. The van der Waals surface area contributed by atoms with Crippen molar-refractivity contribution in [3.8, 4) is 0 Å². The van der Waals surface area contributed by atoms with Crippen molar-refractivity contribution in [2.24, 2.45) is 0 Å². The predicted octanol–water partition coefficient (Wildman–Crippen LogP) is 0.716. The number of carbonyl (C=O) groups is 1. The van der Waals surface area contributed by atoms with Crippen LogP contribution in [0.3, 0.4) is 0 Å². The van der Waals surface area contributed by atoms with Crippen molar-refractivity contribution in [3.63, 3.8) is 0 Å². The summed E-state index contributed by atoms with van der Waals surface area (Å²) < 4.78 is 4.62. The van der Waals surface area contributed by atoms with E-state index in [4.69, 9.17) is 0 Å². The smallest absolute Gasteiger partial charge is 0.308 e. The first-order valence-electron chi connectivity index (χ1n) is 3.72. The van der Waals surface area contributed by atoms with Crippen LogP contribution >= 0.6 is 23.5 Å². The van der Waals surface area contributed by atoms with E-state index in [1.165, 1.54) is 7.11 Å². The van der Waals surface area contributed by atoms with Crippen LogP contribution in [0.25, 0.3) is 0 Å². The number of hydrogen-bond donors (Lipinski definition) is 1. The second kappa shape index (κ2) is 4.99. The molecule has 5 heteroatoms. The molecule has 0 radical (unpaired) electrons. The number of hydrogen-bond acceptors (Lipinski definition) is 5. The van der Waals surface area contributed by atoms with Crippen molar-refractivity contribution in [1.29, 1.82) is 0 Å². The van der Waals surface area contributed by atoms with E-state index in [2.05, 4.69) is 4.74 Å². The van der Waals surface area contributed by atoms with E-state index in [-0.39, 0.29) is 17.0 Å². The number of aliphatic hydroxyl groups is 1. The Morgan fingerprint density at radius 1 is 1.67 bits per heavy atom. The van der Waals surface area contributed by atoms with E-state index in [0.29, 0.717) is 0 Å². The number of aliphatic hydroxyl groups excluding tert-OH is 1. The fourth-order valence-corrected chi connectivity index (χ4v) is 3.78. The Morgan fingerprint density at radius 2 is 2.25 bits per heavy atom. The molecule has 0 aromatic heterocycles. The van der Waals surface area contributed by atoms with Gasteiger partial charge < -0.3 is 9.84 Å². The van der Waals surface area contributed by atoms with Crippen molar-refractivity contribution in [2.45, 2.75) is 17.1 Å². The van der Waals surface area contributed by atoms with Crippen molar-refractivity contribution in [2.75, 3.05) is 18.6 Å². The number of ether oxygens (including phenoxy) is 1. The summed E-state index contributed by atoms with van der Waals surface area (Å²) in [5.41, 5.74) is 0. The van der Waals surface area contributed by atoms with Crippen LogP contribution in [0.1, 0.15) is 6.42 Å². The van der Waals surface area contributed by atoms with Gasteiger partial charge in [-0.15, -0.1) is 23.5 Å². The molecule has 0 bridgehead atoms. The fourth-order valence-electron chi connectivity index (χ4n) is 0.949. The van der Waals surface area contributed by atoms with Gasteiger partial charge in [0.05, 0.1) is 24.2 Å². The van der Waals surface area contributed by atoms with Crippen LogP contribution in [0, 0.1) is 0 Å². The molecule has 1 heterocycles. The molecule has 0 aromatic rings. The van der Waals surface area contributed by atoms with Gasteiger partial charge in [0.15, 0.2) is 0 Å². The SMILES string of the molecule is COC(=O)C[C@H](O)C1SCCS1. The third kappa shape index (κ3) is 2.88. The fraction of sp³-hybridized carbons (Fsp3) is 0.857. The third-order valence-corrected chi connectivity index (χ3v) is 4.81. The van der Waals surface area contributed by atoms with Crippen molar-refractivity contribution in [3.05, 3.63) is 0 Å². The van der Waals surface area contributed by atoms with Gasteiger partial charge in [-0.2, -0.15) is 0 Å². The lowest BCUT2D eigenvalue weighted by molar-refractivity contribution is -0.142. The summed E-state index contributed by atoms with van der Waals surface area (Å²) in [5.74, 6) is 1.79. The summed E-state index contributed by atoms with van der Waals surface area (Å²) in [7, 11) is 1.34. The first-order chi connectivity index (χ1) is 5.74. The quantitative estimate of drug-likeness (QED) is 0.692. The second-order valence-corrected chi connectivity index (χ2v) is 5.25. The van der Waals surface area contributed by atoms with Crippen LogP contribution in [-0.2, 0) is 9.53 Å². The highest BCUT2D eigenvalue weighted by molar-refractivity contribution is 8.20. The van der Waals surface area contributed by atoms with Crippen molar-refractivity contribution in [1.82, 2.24) is 0 Å². The van der Waals surface area contributed by atoms with E-state index in [9.17, 15) is 9.90 Å². The molecular formula is C7H12O3S2. The number of methoxy groups -OCH3 is 1. The zero-order valence-corrected chi connectivity index (χ0v) is 8.49. The number of rotatable bonds is 3. The zero-order valence-electron chi connectivity index (χ0n) is 6.86. The van der Waals surface area contributed by atoms with Crippen LogP contribution in [0.5, 0.6) is 0 Å². The summed E-state index contributed by atoms with van der Waals surface area (Å²) >= 11 is 3.42. The molecule has 1 aliphatic rings. The minimum atomic E-state index is -0.560. The van der Waals surface area contributed by atoms with Crippen LogP contribution in [-0.4, -0.2) is 40.4 Å². The molecule has 3 nitrogen and oxygen atoms in total. The molecule has 0 unspecified atom stereocenters. The maximum atomic E-state index is 10.8. The van der Waals surface area contributed by atoms with E-state index in [0.717, 1.165) is 11.5 Å². The van der Waals surface area contributed by atoms with Crippen LogP contribution < -0.4 is 0 Å². The predicted molar refractivity (Wildman–Crippen MR) is 51.3 cm³/mol. The highest BCUT2D eigenvalue weighted by atomic mass is 32.2. The molecule has 0 aliphatic carbocycles. The minimum absolute atomic E-state index is 0.112. The number of carbonyl (C=O) groups excluding carboxylic acids is 1. The van der Waals surface area contributed by atoms with E-state index in [1.807, 2.05) is 0 Å². The lowest BCUT2D eigenvalue weighted by atomic mass is 10.3. The van der Waals surface area contributed by atoms with E-state index < -0.39 is 6.10 Å². The normalized spacial score (nSPS) is 20.8. The Bertz CT molecular complexity index is 157. The van der Waals surface area contributed by atoms with Gasteiger partial charge in [-0.1, -0.05) is 0 Å². The van der Waals surface area contributed by atoms with E-state index in [1.54, 1.807) is 23.5 Å². The zero-order chi connectivity index (χ0) is 8.97. The lowest BCUT2D eigenvalue weighted by Gasteiger charge is -2.14. The number of thioether (sulfide) groups is 2. The van der Waals surface area contributed by atoms with E-state index >= 15 is 0 Å². The average molecular weight is 208 g/mol. The molecule has 0 amide bonds. The molecule has 0 spiro atoms. The Kier molecular flexibility index (Phi) is 4.25. The van der Waals surface area contributed by atoms with Gasteiger partial charge in [0.25, 0.3) is 0 Å². The molecule has 1 aliphatic heterocycles. The molecule has 0 aromatic carbocycles. The topological polar surface area (TPSA) is 46.5 Å². The van der Waals surface area contributed by atoms with Gasteiger partial charge in [-0.3, -0.25) is 4.79 Å². The third-order valence-electron chi connectivity index (χ3n) is 1.57. The van der Waals surface area contributed by atoms with Crippen molar-refractivity contribution >= 4 is 29.5 Å². The second-order valence-electron chi connectivity index (χ2n) is 2.46. The van der Waals surface area contributed by atoms with Gasteiger partial charge in [0.2, 0.25) is 0 Å². The Morgan fingerprint density at radius 3 is 2.75 bits per heavy atom. The Balaban J connectivity index is 2.26. The summed E-state index contributed by atoms with van der Waals surface area (Å²) in [4.78, 5) is 10.8. The van der Waals surface area contributed by atoms with Crippen LogP contribution in [0.15, 0.2) is 0 Å². The number of esters is 1. The maximum absolute atomic E-state index is 10.8. The highest BCUT2D eigenvalue weighted by Crippen LogP contribution is 2.35. The molecule has 1 rings (SSSR count). The van der Waals surface area contributed by atoms with Gasteiger partial charge in [0, 0.05) is 11.5 Å². The van der Waals surface area contributed by atoms with Gasteiger partial charge in [-0.05, 0) is 0 Å². The van der Waals surface area contributed by atoms with Crippen molar-refractivity contribution < 1.29 is 14.6 Å². The Labute approximate surface area is 80.2 Å². The maximum Gasteiger partial charge on any atom is 0.308 e. The molecule has 1 atom stereocenters. The molecule has 12 heavy (non-hydrogen) atoms. The lowest BCUT2D eigenvalue weighted by Crippen LogP contribution is -2.22. The van der Waals surface area contributed by atoms with Crippen LogP contribution in [0.4, 0.5) is 0 Å². The molecular weight excluding hydrogens is 196 g/mol. The van der Waals surface area contributed by atoms with Gasteiger partial charge in [-0.25, -0.2) is 0 Å². The average Bonchev–Trinajstić information content (AvgIpc) is 2.56. The monoisotopic (exact) mass is 208 g/mol. The summed E-state index contributed by atoms with van der Waals surface area (Å²) in [5, 5.41) is 9.51.